The Bertz CT molecular complexity index is 473. The Morgan fingerprint density at radius 3 is 2.15 bits per heavy atom. The number of rotatable bonds is 6. The number of esters is 1. The average molecular weight is 278 g/mol. The maximum absolute atomic E-state index is 12.4. The van der Waals surface area contributed by atoms with Gasteiger partial charge in [-0.1, -0.05) is 25.1 Å². The Hall–Kier alpha value is -1.68. The minimum absolute atomic E-state index is 0.0141. The van der Waals surface area contributed by atoms with Crippen LogP contribution in [-0.2, 0) is 19.1 Å². The van der Waals surface area contributed by atoms with Crippen LogP contribution in [0.15, 0.2) is 18.2 Å². The van der Waals surface area contributed by atoms with Gasteiger partial charge in [0.05, 0.1) is 18.9 Å². The zero-order valence-corrected chi connectivity index (χ0v) is 12.7. The van der Waals surface area contributed by atoms with E-state index in [4.69, 9.17) is 9.47 Å². The van der Waals surface area contributed by atoms with Crippen molar-refractivity contribution in [2.45, 2.75) is 26.7 Å². The second kappa shape index (κ2) is 7.20. The van der Waals surface area contributed by atoms with E-state index in [1.165, 1.54) is 14.2 Å². The molecule has 0 saturated carbocycles. The first-order valence-electron chi connectivity index (χ1n) is 6.59. The van der Waals surface area contributed by atoms with Gasteiger partial charge in [-0.05, 0) is 30.5 Å². The van der Waals surface area contributed by atoms with Crippen molar-refractivity contribution in [1.82, 2.24) is 0 Å². The lowest BCUT2D eigenvalue weighted by Gasteiger charge is -2.24. The molecule has 0 radical (unpaired) electrons. The van der Waals surface area contributed by atoms with Crippen molar-refractivity contribution in [2.24, 2.45) is 5.92 Å². The highest BCUT2D eigenvalue weighted by Crippen LogP contribution is 2.31. The Morgan fingerprint density at radius 1 is 1.15 bits per heavy atom. The zero-order valence-electron chi connectivity index (χ0n) is 12.7. The minimum Gasteiger partial charge on any atom is -0.469 e. The van der Waals surface area contributed by atoms with Crippen LogP contribution in [0.25, 0.3) is 0 Å². The van der Waals surface area contributed by atoms with E-state index in [2.05, 4.69) is 0 Å². The van der Waals surface area contributed by atoms with E-state index in [1.807, 2.05) is 32.0 Å². The molecular formula is C16H22O4. The summed E-state index contributed by atoms with van der Waals surface area (Å²) in [5.41, 5.74) is 2.89. The van der Waals surface area contributed by atoms with Crippen LogP contribution in [0.4, 0.5) is 0 Å². The summed E-state index contributed by atoms with van der Waals surface area (Å²) in [4.78, 5) is 24.2. The van der Waals surface area contributed by atoms with E-state index in [9.17, 15) is 9.59 Å². The first kappa shape index (κ1) is 16.4. The third kappa shape index (κ3) is 3.45. The molecule has 0 aliphatic heterocycles. The minimum atomic E-state index is -0.539. The van der Waals surface area contributed by atoms with Crippen LogP contribution in [-0.4, -0.2) is 32.6 Å². The Labute approximate surface area is 120 Å². The van der Waals surface area contributed by atoms with Crippen molar-refractivity contribution >= 4 is 11.8 Å². The van der Waals surface area contributed by atoms with Gasteiger partial charge >= 0.3 is 5.97 Å². The van der Waals surface area contributed by atoms with Gasteiger partial charge in [-0.3, -0.25) is 9.59 Å². The van der Waals surface area contributed by atoms with Gasteiger partial charge in [-0.15, -0.1) is 0 Å². The number of ketones is 1. The van der Waals surface area contributed by atoms with Crippen LogP contribution >= 0.6 is 0 Å². The van der Waals surface area contributed by atoms with Gasteiger partial charge in [0, 0.05) is 7.11 Å². The third-order valence-electron chi connectivity index (χ3n) is 3.56. The van der Waals surface area contributed by atoms with Crippen LogP contribution in [0.2, 0.25) is 0 Å². The van der Waals surface area contributed by atoms with E-state index in [0.29, 0.717) is 0 Å². The molecule has 1 rings (SSSR count). The monoisotopic (exact) mass is 278 g/mol. The largest absolute Gasteiger partial charge is 0.469 e. The number of aryl methyl sites for hydroxylation is 2. The van der Waals surface area contributed by atoms with Crippen LogP contribution < -0.4 is 0 Å². The topological polar surface area (TPSA) is 52.6 Å². The molecule has 0 saturated heterocycles. The van der Waals surface area contributed by atoms with Crippen LogP contribution in [0.1, 0.15) is 29.5 Å². The summed E-state index contributed by atoms with van der Waals surface area (Å²) in [7, 11) is 2.81. The molecule has 1 aromatic rings. The maximum atomic E-state index is 12.4. The molecular weight excluding hydrogens is 256 g/mol. The Kier molecular flexibility index (Phi) is 5.89. The number of benzene rings is 1. The second-order valence-electron chi connectivity index (χ2n) is 4.99. The maximum Gasteiger partial charge on any atom is 0.309 e. The summed E-state index contributed by atoms with van der Waals surface area (Å²) in [6.07, 6.45) is 0. The lowest BCUT2D eigenvalue weighted by molar-refractivity contribution is -0.147. The van der Waals surface area contributed by atoms with Crippen LogP contribution in [0, 0.1) is 19.8 Å². The molecule has 0 fully saturated rings. The zero-order chi connectivity index (χ0) is 15.3. The second-order valence-corrected chi connectivity index (χ2v) is 4.99. The van der Waals surface area contributed by atoms with E-state index in [0.717, 1.165) is 16.7 Å². The summed E-state index contributed by atoms with van der Waals surface area (Å²) in [6, 6.07) is 5.83. The lowest BCUT2D eigenvalue weighted by Crippen LogP contribution is -2.30. The van der Waals surface area contributed by atoms with Crippen molar-refractivity contribution in [1.29, 1.82) is 0 Å². The predicted octanol–water partition coefficient (Wildman–Crippen LogP) is 2.41. The molecule has 0 heterocycles. The highest BCUT2D eigenvalue weighted by Gasteiger charge is 2.33. The highest BCUT2D eigenvalue weighted by molar-refractivity contribution is 5.92. The number of methoxy groups -OCH3 is 2. The Balaban J connectivity index is 3.30. The summed E-state index contributed by atoms with van der Waals surface area (Å²) in [5.74, 6) is -1.57. The molecule has 20 heavy (non-hydrogen) atoms. The third-order valence-corrected chi connectivity index (χ3v) is 3.56. The summed E-state index contributed by atoms with van der Waals surface area (Å²) in [6.45, 7) is 5.59. The molecule has 2 atom stereocenters. The van der Waals surface area contributed by atoms with Crippen LogP contribution in [0.3, 0.4) is 0 Å². The van der Waals surface area contributed by atoms with Gasteiger partial charge in [0.25, 0.3) is 0 Å². The molecule has 110 valence electrons. The predicted molar refractivity (Wildman–Crippen MR) is 76.7 cm³/mol. The van der Waals surface area contributed by atoms with Crippen LogP contribution in [0.5, 0.6) is 0 Å². The van der Waals surface area contributed by atoms with Gasteiger partial charge in [0.2, 0.25) is 0 Å². The molecule has 0 aliphatic rings. The molecule has 4 nitrogen and oxygen atoms in total. The first-order valence-corrected chi connectivity index (χ1v) is 6.59. The lowest BCUT2D eigenvalue weighted by atomic mass is 9.80. The molecule has 0 amide bonds. The van der Waals surface area contributed by atoms with Crippen molar-refractivity contribution in [3.05, 3.63) is 34.9 Å². The summed E-state index contributed by atoms with van der Waals surface area (Å²) >= 11 is 0. The number of hydrogen-bond donors (Lipinski definition) is 0. The standard InChI is InChI=1S/C16H22O4/c1-10-7-6-8-11(2)14(10)15(13(17)9-19-4)12(3)16(18)20-5/h6-8,12,15H,9H2,1-5H3. The SMILES string of the molecule is COCC(=O)C(c1c(C)cccc1C)C(C)C(=O)OC. The number of hydrogen-bond acceptors (Lipinski definition) is 4. The number of ether oxygens (including phenoxy) is 2. The van der Waals surface area contributed by atoms with E-state index in [-0.39, 0.29) is 18.4 Å². The molecule has 0 bridgehead atoms. The van der Waals surface area contributed by atoms with Crippen molar-refractivity contribution in [3.63, 3.8) is 0 Å². The summed E-state index contributed by atoms with van der Waals surface area (Å²) in [5, 5.41) is 0. The molecule has 0 aliphatic carbocycles. The first-order chi connectivity index (χ1) is 9.43. The van der Waals surface area contributed by atoms with Crippen molar-refractivity contribution in [3.8, 4) is 0 Å². The van der Waals surface area contributed by atoms with Gasteiger partial charge in [-0.25, -0.2) is 0 Å². The quantitative estimate of drug-likeness (QED) is 0.750. The van der Waals surface area contributed by atoms with E-state index in [1.54, 1.807) is 6.92 Å². The number of carbonyl (C=O) groups excluding carboxylic acids is 2. The van der Waals surface area contributed by atoms with Crippen molar-refractivity contribution in [2.75, 3.05) is 20.8 Å². The molecule has 1 aromatic carbocycles. The van der Waals surface area contributed by atoms with Crippen molar-refractivity contribution < 1.29 is 19.1 Å². The van der Waals surface area contributed by atoms with Gasteiger partial charge in [-0.2, -0.15) is 0 Å². The fraction of sp³-hybridized carbons (Fsp3) is 0.500. The average Bonchev–Trinajstić information content (AvgIpc) is 2.41. The fourth-order valence-corrected chi connectivity index (χ4v) is 2.56. The van der Waals surface area contributed by atoms with E-state index >= 15 is 0 Å². The molecule has 0 N–H and O–H groups in total. The molecule has 4 heteroatoms. The van der Waals surface area contributed by atoms with Gasteiger partial charge < -0.3 is 9.47 Å². The molecule has 0 aromatic heterocycles. The fourth-order valence-electron chi connectivity index (χ4n) is 2.56. The summed E-state index contributed by atoms with van der Waals surface area (Å²) < 4.78 is 9.74. The van der Waals surface area contributed by atoms with Gasteiger partial charge in [0.1, 0.15) is 6.61 Å². The molecule has 0 spiro atoms. The number of Topliss-reactive ketones (excluding diaryl/α,β-unsaturated/α-hetero) is 1. The smallest absolute Gasteiger partial charge is 0.309 e. The van der Waals surface area contributed by atoms with E-state index < -0.39 is 11.8 Å². The Morgan fingerprint density at radius 2 is 1.70 bits per heavy atom. The molecule has 2 unspecified atom stereocenters. The highest BCUT2D eigenvalue weighted by atomic mass is 16.5. The van der Waals surface area contributed by atoms with Gasteiger partial charge in [0.15, 0.2) is 5.78 Å². The number of carbonyl (C=O) groups is 2. The normalized spacial score (nSPS) is 13.7.